The van der Waals surface area contributed by atoms with Crippen LogP contribution in [0.1, 0.15) is 41.8 Å². The van der Waals surface area contributed by atoms with E-state index in [1.54, 1.807) is 18.4 Å². The van der Waals surface area contributed by atoms with Crippen molar-refractivity contribution in [2.24, 2.45) is 4.99 Å². The highest BCUT2D eigenvalue weighted by molar-refractivity contribution is 14.0. The molecule has 6 heteroatoms. The molecular formula is C13H25IN4S. The average Bonchev–Trinajstić information content (AvgIpc) is 2.67. The molecule has 0 bridgehead atoms. The van der Waals surface area contributed by atoms with Crippen molar-refractivity contribution in [3.8, 4) is 0 Å². The Morgan fingerprint density at radius 2 is 2.00 bits per heavy atom. The monoisotopic (exact) mass is 396 g/mol. The third-order valence-corrected chi connectivity index (χ3v) is 3.79. The van der Waals surface area contributed by atoms with Crippen LogP contribution in [0.4, 0.5) is 0 Å². The first-order valence-electron chi connectivity index (χ1n) is 6.54. The quantitative estimate of drug-likeness (QED) is 0.336. The van der Waals surface area contributed by atoms with Gasteiger partial charge in [-0.1, -0.05) is 19.8 Å². The summed E-state index contributed by atoms with van der Waals surface area (Å²) in [5.41, 5.74) is 1.12. The first kappa shape index (κ1) is 18.6. The van der Waals surface area contributed by atoms with E-state index in [0.29, 0.717) is 0 Å². The fraction of sp³-hybridized carbons (Fsp3) is 0.692. The topological polar surface area (TPSA) is 49.3 Å². The molecular weight excluding hydrogens is 371 g/mol. The van der Waals surface area contributed by atoms with Gasteiger partial charge in [-0.3, -0.25) is 4.99 Å². The summed E-state index contributed by atoms with van der Waals surface area (Å²) >= 11 is 1.74. The summed E-state index contributed by atoms with van der Waals surface area (Å²) < 4.78 is 0. The summed E-state index contributed by atoms with van der Waals surface area (Å²) in [6, 6.07) is 0. The molecule has 2 N–H and O–H groups in total. The number of guanidine groups is 1. The van der Waals surface area contributed by atoms with Crippen molar-refractivity contribution >= 4 is 41.3 Å². The zero-order chi connectivity index (χ0) is 13.4. The van der Waals surface area contributed by atoms with Gasteiger partial charge in [0.05, 0.1) is 17.2 Å². The van der Waals surface area contributed by atoms with E-state index in [0.717, 1.165) is 29.8 Å². The Morgan fingerprint density at radius 3 is 2.53 bits per heavy atom. The first-order chi connectivity index (χ1) is 8.67. The standard InChI is InChI=1S/C13H24N4S.HI/c1-5-6-7-8-15-13(14-4)16-9-12-10(2)17-11(3)18-12;/h5-9H2,1-4H3,(H2,14,15,16);1H. The minimum absolute atomic E-state index is 0. The van der Waals surface area contributed by atoms with Gasteiger partial charge in [-0.05, 0) is 20.3 Å². The molecule has 0 amide bonds. The van der Waals surface area contributed by atoms with Gasteiger partial charge in [0, 0.05) is 18.5 Å². The Labute approximate surface area is 137 Å². The highest BCUT2D eigenvalue weighted by atomic mass is 127. The SMILES string of the molecule is CCCCCNC(=NC)NCc1sc(C)nc1C.I. The molecule has 4 nitrogen and oxygen atoms in total. The molecule has 0 radical (unpaired) electrons. The molecule has 0 saturated carbocycles. The van der Waals surface area contributed by atoms with Crippen LogP contribution in [0, 0.1) is 13.8 Å². The number of halogens is 1. The molecule has 1 aromatic heterocycles. The Morgan fingerprint density at radius 1 is 1.26 bits per heavy atom. The molecule has 0 spiro atoms. The van der Waals surface area contributed by atoms with Gasteiger partial charge < -0.3 is 10.6 Å². The van der Waals surface area contributed by atoms with E-state index in [1.807, 2.05) is 6.92 Å². The van der Waals surface area contributed by atoms with Gasteiger partial charge in [-0.25, -0.2) is 4.98 Å². The van der Waals surface area contributed by atoms with Gasteiger partial charge in [0.15, 0.2) is 5.96 Å². The number of rotatable bonds is 6. The van der Waals surface area contributed by atoms with Gasteiger partial charge in [0.1, 0.15) is 0 Å². The molecule has 1 heterocycles. The molecule has 0 aliphatic rings. The number of hydrogen-bond acceptors (Lipinski definition) is 3. The molecule has 0 aliphatic heterocycles. The van der Waals surface area contributed by atoms with E-state index in [2.05, 4.69) is 34.5 Å². The second-order valence-corrected chi connectivity index (χ2v) is 5.59. The van der Waals surface area contributed by atoms with Gasteiger partial charge in [-0.2, -0.15) is 0 Å². The van der Waals surface area contributed by atoms with Gasteiger partial charge in [0.25, 0.3) is 0 Å². The lowest BCUT2D eigenvalue weighted by Gasteiger charge is -2.11. The second-order valence-electron chi connectivity index (χ2n) is 4.30. The van der Waals surface area contributed by atoms with E-state index in [-0.39, 0.29) is 24.0 Å². The van der Waals surface area contributed by atoms with Crippen molar-refractivity contribution < 1.29 is 0 Å². The van der Waals surface area contributed by atoms with Crippen molar-refractivity contribution in [3.63, 3.8) is 0 Å². The minimum Gasteiger partial charge on any atom is -0.356 e. The molecule has 1 rings (SSSR count). The lowest BCUT2D eigenvalue weighted by molar-refractivity contribution is 0.683. The van der Waals surface area contributed by atoms with Crippen molar-refractivity contribution in [1.82, 2.24) is 15.6 Å². The number of unbranched alkanes of at least 4 members (excludes halogenated alkanes) is 2. The first-order valence-corrected chi connectivity index (χ1v) is 7.36. The summed E-state index contributed by atoms with van der Waals surface area (Å²) in [6.45, 7) is 8.08. The summed E-state index contributed by atoms with van der Waals surface area (Å²) in [4.78, 5) is 9.92. The zero-order valence-electron chi connectivity index (χ0n) is 12.2. The highest BCUT2D eigenvalue weighted by Crippen LogP contribution is 2.16. The van der Waals surface area contributed by atoms with Gasteiger partial charge in [0.2, 0.25) is 0 Å². The van der Waals surface area contributed by atoms with E-state index in [1.165, 1.54) is 24.1 Å². The van der Waals surface area contributed by atoms with Crippen LogP contribution in [0.5, 0.6) is 0 Å². The molecule has 0 aliphatic carbocycles. The van der Waals surface area contributed by atoms with Crippen LogP contribution < -0.4 is 10.6 Å². The van der Waals surface area contributed by atoms with Crippen LogP contribution in [0.25, 0.3) is 0 Å². The minimum atomic E-state index is 0. The lowest BCUT2D eigenvalue weighted by atomic mass is 10.2. The molecule has 0 saturated heterocycles. The third kappa shape index (κ3) is 7.10. The fourth-order valence-corrected chi connectivity index (χ4v) is 2.58. The number of thiazole rings is 1. The van der Waals surface area contributed by atoms with Gasteiger partial charge in [-0.15, -0.1) is 35.3 Å². The number of aryl methyl sites for hydroxylation is 2. The van der Waals surface area contributed by atoms with Crippen molar-refractivity contribution in [2.75, 3.05) is 13.6 Å². The Kier molecular flexibility index (Phi) is 10.2. The maximum atomic E-state index is 4.42. The maximum absolute atomic E-state index is 4.42. The predicted octanol–water partition coefficient (Wildman–Crippen LogP) is 3.23. The average molecular weight is 396 g/mol. The van der Waals surface area contributed by atoms with Crippen LogP contribution in [0.15, 0.2) is 4.99 Å². The highest BCUT2D eigenvalue weighted by Gasteiger charge is 2.05. The predicted molar refractivity (Wildman–Crippen MR) is 94.7 cm³/mol. The molecule has 1 aromatic rings. The summed E-state index contributed by atoms with van der Waals surface area (Å²) in [5, 5.41) is 7.77. The van der Waals surface area contributed by atoms with Gasteiger partial charge >= 0.3 is 0 Å². The molecule has 0 atom stereocenters. The zero-order valence-corrected chi connectivity index (χ0v) is 15.4. The second kappa shape index (κ2) is 10.4. The maximum Gasteiger partial charge on any atom is 0.191 e. The normalized spacial score (nSPS) is 11.1. The summed E-state index contributed by atoms with van der Waals surface area (Å²) in [5.74, 6) is 0.872. The Balaban J connectivity index is 0.00000324. The fourth-order valence-electron chi connectivity index (χ4n) is 1.70. The van der Waals surface area contributed by atoms with E-state index < -0.39 is 0 Å². The number of aromatic nitrogens is 1. The number of aliphatic imine (C=N–C) groups is 1. The number of nitrogens with one attached hydrogen (secondary N) is 2. The molecule has 0 aromatic carbocycles. The lowest BCUT2D eigenvalue weighted by Crippen LogP contribution is -2.37. The summed E-state index contributed by atoms with van der Waals surface area (Å²) in [7, 11) is 1.81. The Hall–Kier alpha value is -0.370. The third-order valence-electron chi connectivity index (χ3n) is 2.71. The van der Waals surface area contributed by atoms with Crippen LogP contribution in [0.2, 0.25) is 0 Å². The van der Waals surface area contributed by atoms with Crippen LogP contribution in [-0.4, -0.2) is 24.5 Å². The summed E-state index contributed by atoms with van der Waals surface area (Å²) in [6.07, 6.45) is 3.69. The van der Waals surface area contributed by atoms with Crippen molar-refractivity contribution in [2.45, 2.75) is 46.6 Å². The van der Waals surface area contributed by atoms with Crippen LogP contribution >= 0.6 is 35.3 Å². The molecule has 110 valence electrons. The smallest absolute Gasteiger partial charge is 0.191 e. The van der Waals surface area contributed by atoms with Crippen molar-refractivity contribution in [3.05, 3.63) is 15.6 Å². The molecule has 0 fully saturated rings. The molecule has 19 heavy (non-hydrogen) atoms. The van der Waals surface area contributed by atoms with E-state index >= 15 is 0 Å². The van der Waals surface area contributed by atoms with E-state index in [9.17, 15) is 0 Å². The van der Waals surface area contributed by atoms with Crippen LogP contribution in [0.3, 0.4) is 0 Å². The Bertz CT molecular complexity index is 390. The number of hydrogen-bond donors (Lipinski definition) is 2. The largest absolute Gasteiger partial charge is 0.356 e. The van der Waals surface area contributed by atoms with E-state index in [4.69, 9.17) is 0 Å². The molecule has 0 unspecified atom stereocenters. The van der Waals surface area contributed by atoms with Crippen molar-refractivity contribution in [1.29, 1.82) is 0 Å². The van der Waals surface area contributed by atoms with Crippen LogP contribution in [-0.2, 0) is 6.54 Å². The number of nitrogens with zero attached hydrogens (tertiary/aromatic N) is 2.